The van der Waals surface area contributed by atoms with Gasteiger partial charge in [0, 0.05) is 18.6 Å². The first-order chi connectivity index (χ1) is 7.18. The van der Waals surface area contributed by atoms with Crippen LogP contribution in [0.3, 0.4) is 0 Å². The molecule has 0 radical (unpaired) electrons. The molecule has 0 aromatic carbocycles. The maximum atomic E-state index is 10.6. The fourth-order valence-corrected chi connectivity index (χ4v) is 1.36. The first-order valence-corrected chi connectivity index (χ1v) is 4.43. The fourth-order valence-electron chi connectivity index (χ4n) is 1.14. The number of carbonyl (C=O) groups is 1. The number of carboxylic acids is 1. The third-order valence-corrected chi connectivity index (χ3v) is 2.12. The van der Waals surface area contributed by atoms with Crippen molar-refractivity contribution in [3.05, 3.63) is 41.7 Å². The molecule has 0 aliphatic rings. The minimum absolute atomic E-state index is 0.0251. The molecule has 0 aliphatic carbocycles. The SMILES string of the molecule is O=C(O)c1cn(-c2ccncc2Cl)cn1. The lowest BCUT2D eigenvalue weighted by Crippen LogP contribution is -1.96. The predicted octanol–water partition coefficient (Wildman–Crippen LogP) is 1.62. The zero-order valence-corrected chi connectivity index (χ0v) is 8.22. The summed E-state index contributed by atoms with van der Waals surface area (Å²) in [5.74, 6) is -1.07. The van der Waals surface area contributed by atoms with E-state index in [1.807, 2.05) is 0 Å². The first kappa shape index (κ1) is 9.67. The van der Waals surface area contributed by atoms with Gasteiger partial charge in [-0.1, -0.05) is 11.6 Å². The minimum atomic E-state index is -1.07. The van der Waals surface area contributed by atoms with Crippen molar-refractivity contribution in [3.63, 3.8) is 0 Å². The Balaban J connectivity index is 2.46. The molecule has 0 saturated carbocycles. The van der Waals surface area contributed by atoms with Crippen LogP contribution in [0.1, 0.15) is 10.5 Å². The number of carboxylic acid groups (broad SMARTS) is 1. The summed E-state index contributed by atoms with van der Waals surface area (Å²) in [6.45, 7) is 0. The Morgan fingerprint density at radius 1 is 1.53 bits per heavy atom. The number of hydrogen-bond donors (Lipinski definition) is 1. The van der Waals surface area contributed by atoms with Gasteiger partial charge in [0.05, 0.1) is 10.7 Å². The van der Waals surface area contributed by atoms with Gasteiger partial charge in [-0.2, -0.15) is 0 Å². The number of halogens is 1. The summed E-state index contributed by atoms with van der Waals surface area (Å²) in [5, 5.41) is 9.13. The van der Waals surface area contributed by atoms with E-state index in [0.29, 0.717) is 10.7 Å². The van der Waals surface area contributed by atoms with Gasteiger partial charge in [0.25, 0.3) is 0 Å². The van der Waals surface area contributed by atoms with Gasteiger partial charge in [-0.05, 0) is 6.07 Å². The molecule has 2 aromatic heterocycles. The van der Waals surface area contributed by atoms with Crippen LogP contribution >= 0.6 is 11.6 Å². The zero-order chi connectivity index (χ0) is 10.8. The van der Waals surface area contributed by atoms with E-state index >= 15 is 0 Å². The highest BCUT2D eigenvalue weighted by Crippen LogP contribution is 2.18. The van der Waals surface area contributed by atoms with Crippen LogP contribution in [0.25, 0.3) is 5.69 Å². The Kier molecular flexibility index (Phi) is 2.39. The van der Waals surface area contributed by atoms with Crippen molar-refractivity contribution in [3.8, 4) is 5.69 Å². The third-order valence-electron chi connectivity index (χ3n) is 1.83. The van der Waals surface area contributed by atoms with E-state index in [9.17, 15) is 4.79 Å². The zero-order valence-electron chi connectivity index (χ0n) is 7.46. The van der Waals surface area contributed by atoms with E-state index < -0.39 is 5.97 Å². The molecule has 0 aliphatic heterocycles. The van der Waals surface area contributed by atoms with E-state index in [1.54, 1.807) is 12.3 Å². The van der Waals surface area contributed by atoms with Crippen molar-refractivity contribution in [1.82, 2.24) is 14.5 Å². The van der Waals surface area contributed by atoms with Crippen molar-refractivity contribution in [1.29, 1.82) is 0 Å². The highest BCUT2D eigenvalue weighted by atomic mass is 35.5. The lowest BCUT2D eigenvalue weighted by atomic mass is 10.4. The largest absolute Gasteiger partial charge is 0.476 e. The average molecular weight is 224 g/mol. The number of pyridine rings is 1. The second-order valence-corrected chi connectivity index (χ2v) is 3.21. The third kappa shape index (κ3) is 1.82. The highest BCUT2D eigenvalue weighted by Gasteiger charge is 2.08. The molecule has 0 bridgehead atoms. The molecule has 1 N–H and O–H groups in total. The molecule has 2 aromatic rings. The van der Waals surface area contributed by atoms with Crippen LogP contribution in [-0.2, 0) is 0 Å². The summed E-state index contributed by atoms with van der Waals surface area (Å²) in [5.41, 5.74) is 0.620. The van der Waals surface area contributed by atoms with Crippen LogP contribution in [0.2, 0.25) is 5.02 Å². The maximum absolute atomic E-state index is 10.6. The molecule has 0 saturated heterocycles. The summed E-state index contributed by atoms with van der Waals surface area (Å²) < 4.78 is 1.54. The second kappa shape index (κ2) is 3.70. The Labute approximate surface area is 90.0 Å². The van der Waals surface area contributed by atoms with Crippen LogP contribution in [0.4, 0.5) is 0 Å². The molecular weight excluding hydrogens is 218 g/mol. The number of rotatable bonds is 2. The van der Waals surface area contributed by atoms with Gasteiger partial charge in [0.1, 0.15) is 6.33 Å². The molecule has 0 amide bonds. The molecule has 0 spiro atoms. The Hall–Kier alpha value is -1.88. The predicted molar refractivity (Wildman–Crippen MR) is 53.3 cm³/mol. The van der Waals surface area contributed by atoms with Crippen molar-refractivity contribution in [2.45, 2.75) is 0 Å². The van der Waals surface area contributed by atoms with Crippen molar-refractivity contribution < 1.29 is 9.90 Å². The lowest BCUT2D eigenvalue weighted by Gasteiger charge is -2.02. The molecular formula is C9H6ClN3O2. The molecule has 76 valence electrons. The number of aromatic carboxylic acids is 1. The summed E-state index contributed by atoms with van der Waals surface area (Å²) in [7, 11) is 0. The molecule has 2 rings (SSSR count). The fraction of sp³-hybridized carbons (Fsp3) is 0. The standard InChI is InChI=1S/C9H6ClN3O2/c10-6-3-11-2-1-8(6)13-4-7(9(14)15)12-5-13/h1-5H,(H,14,15). The molecule has 5 nitrogen and oxygen atoms in total. The van der Waals surface area contributed by atoms with Crippen molar-refractivity contribution >= 4 is 17.6 Å². The Morgan fingerprint density at radius 3 is 2.93 bits per heavy atom. The van der Waals surface area contributed by atoms with E-state index in [1.165, 1.54) is 23.3 Å². The summed E-state index contributed by atoms with van der Waals surface area (Å²) in [4.78, 5) is 18.2. The normalized spacial score (nSPS) is 10.2. The van der Waals surface area contributed by atoms with Gasteiger partial charge in [0.15, 0.2) is 5.69 Å². The molecule has 0 unspecified atom stereocenters. The second-order valence-electron chi connectivity index (χ2n) is 2.80. The summed E-state index contributed by atoms with van der Waals surface area (Å²) in [6.07, 6.45) is 5.84. The smallest absolute Gasteiger partial charge is 0.356 e. The minimum Gasteiger partial charge on any atom is -0.476 e. The molecule has 15 heavy (non-hydrogen) atoms. The number of aromatic nitrogens is 3. The maximum Gasteiger partial charge on any atom is 0.356 e. The van der Waals surface area contributed by atoms with E-state index in [-0.39, 0.29) is 5.69 Å². The topological polar surface area (TPSA) is 68.0 Å². The van der Waals surface area contributed by atoms with Gasteiger partial charge < -0.3 is 9.67 Å². The van der Waals surface area contributed by atoms with Crippen LogP contribution in [0.5, 0.6) is 0 Å². The van der Waals surface area contributed by atoms with Crippen LogP contribution in [0, 0.1) is 0 Å². The van der Waals surface area contributed by atoms with Gasteiger partial charge in [-0.15, -0.1) is 0 Å². The van der Waals surface area contributed by atoms with E-state index in [4.69, 9.17) is 16.7 Å². The lowest BCUT2D eigenvalue weighted by molar-refractivity contribution is 0.0691. The van der Waals surface area contributed by atoms with Crippen molar-refractivity contribution in [2.75, 3.05) is 0 Å². The Morgan fingerprint density at radius 2 is 2.33 bits per heavy atom. The van der Waals surface area contributed by atoms with Gasteiger partial charge in [-0.3, -0.25) is 4.98 Å². The molecule has 0 fully saturated rings. The monoisotopic (exact) mass is 223 g/mol. The Bertz CT molecular complexity index is 510. The quantitative estimate of drug-likeness (QED) is 0.840. The average Bonchev–Trinajstić information content (AvgIpc) is 2.67. The van der Waals surface area contributed by atoms with Gasteiger partial charge >= 0.3 is 5.97 Å². The number of imidazole rings is 1. The van der Waals surface area contributed by atoms with E-state index in [0.717, 1.165) is 0 Å². The molecule has 6 heteroatoms. The number of hydrogen-bond acceptors (Lipinski definition) is 3. The van der Waals surface area contributed by atoms with Gasteiger partial charge in [-0.25, -0.2) is 9.78 Å². The van der Waals surface area contributed by atoms with Gasteiger partial charge in [0.2, 0.25) is 0 Å². The van der Waals surface area contributed by atoms with Crippen LogP contribution in [-0.4, -0.2) is 25.6 Å². The molecule has 0 atom stereocenters. The van der Waals surface area contributed by atoms with Crippen molar-refractivity contribution in [2.24, 2.45) is 0 Å². The summed E-state index contributed by atoms with van der Waals surface area (Å²) in [6, 6.07) is 1.68. The van der Waals surface area contributed by atoms with Crippen LogP contribution in [0.15, 0.2) is 31.0 Å². The molecule has 2 heterocycles. The highest BCUT2D eigenvalue weighted by molar-refractivity contribution is 6.32. The van der Waals surface area contributed by atoms with Crippen LogP contribution < -0.4 is 0 Å². The first-order valence-electron chi connectivity index (χ1n) is 4.05. The number of nitrogens with zero attached hydrogens (tertiary/aromatic N) is 3. The van der Waals surface area contributed by atoms with E-state index in [2.05, 4.69) is 9.97 Å². The summed E-state index contributed by atoms with van der Waals surface area (Å²) >= 11 is 5.89.